The Labute approximate surface area is 190 Å². The summed E-state index contributed by atoms with van der Waals surface area (Å²) in [5.41, 5.74) is 3.58. The fraction of sp³-hybridized carbons (Fsp3) is 0.120. The van der Waals surface area contributed by atoms with E-state index in [9.17, 15) is 14.7 Å². The van der Waals surface area contributed by atoms with E-state index in [2.05, 4.69) is 20.6 Å². The second-order valence-corrected chi connectivity index (χ2v) is 7.41. The van der Waals surface area contributed by atoms with Gasteiger partial charge >= 0.3 is 5.97 Å². The van der Waals surface area contributed by atoms with E-state index in [1.807, 2.05) is 25.1 Å². The van der Waals surface area contributed by atoms with Crippen molar-refractivity contribution < 1.29 is 19.4 Å². The third-order valence-electron chi connectivity index (χ3n) is 5.26. The number of nitrogens with zero attached hydrogens (tertiary/aromatic N) is 2. The van der Waals surface area contributed by atoms with Gasteiger partial charge in [0.15, 0.2) is 0 Å². The first-order valence-corrected chi connectivity index (χ1v) is 10.2. The number of amides is 1. The molecule has 0 saturated carbocycles. The maximum Gasteiger partial charge on any atom is 0.337 e. The van der Waals surface area contributed by atoms with E-state index >= 15 is 0 Å². The number of anilines is 2. The molecule has 3 aromatic carbocycles. The number of carbonyl (C=O) groups is 2. The molecule has 8 nitrogen and oxygen atoms in total. The number of carbonyl (C=O) groups excluding carboxylic acids is 1. The van der Waals surface area contributed by atoms with Crippen LogP contribution in [-0.2, 0) is 6.54 Å². The number of para-hydroxylation sites is 1. The SMILES string of the molecule is COc1ccc(C(=O)Nc2cc(CNc3ncnc4c(C(=O)O)cccc34)ccc2C)cc1. The minimum absolute atomic E-state index is 0.122. The van der Waals surface area contributed by atoms with E-state index in [4.69, 9.17) is 4.74 Å². The fourth-order valence-corrected chi connectivity index (χ4v) is 3.44. The van der Waals surface area contributed by atoms with E-state index in [0.717, 1.165) is 11.1 Å². The van der Waals surface area contributed by atoms with Crippen molar-refractivity contribution in [3.05, 3.63) is 89.2 Å². The normalized spacial score (nSPS) is 10.6. The molecule has 0 aliphatic heterocycles. The molecule has 0 aliphatic carbocycles. The lowest BCUT2D eigenvalue weighted by molar-refractivity contribution is 0.0698. The largest absolute Gasteiger partial charge is 0.497 e. The summed E-state index contributed by atoms with van der Waals surface area (Å²) in [5, 5.41) is 16.2. The first-order chi connectivity index (χ1) is 16.0. The molecule has 0 bridgehead atoms. The standard InChI is InChI=1S/C25H22N4O4/c1-15-6-7-16(12-21(15)29-24(30)17-8-10-18(33-2)11-9-17)13-26-23-19-4-3-5-20(25(31)32)22(19)27-14-28-23/h3-12,14H,13H2,1-2H3,(H,29,30)(H,31,32)(H,26,27,28). The number of hydrogen-bond donors (Lipinski definition) is 3. The minimum Gasteiger partial charge on any atom is -0.497 e. The number of fused-ring (bicyclic) bond motifs is 1. The molecular formula is C25H22N4O4. The highest BCUT2D eigenvalue weighted by atomic mass is 16.5. The van der Waals surface area contributed by atoms with Crippen LogP contribution in [0.5, 0.6) is 5.75 Å². The fourth-order valence-electron chi connectivity index (χ4n) is 3.44. The Kier molecular flexibility index (Phi) is 6.17. The number of aromatic carboxylic acids is 1. The van der Waals surface area contributed by atoms with Crippen molar-refractivity contribution in [2.75, 3.05) is 17.7 Å². The maximum absolute atomic E-state index is 12.7. The van der Waals surface area contributed by atoms with Crippen LogP contribution in [0.1, 0.15) is 31.8 Å². The first kappa shape index (κ1) is 21.8. The number of rotatable bonds is 7. The van der Waals surface area contributed by atoms with Gasteiger partial charge in [-0.2, -0.15) is 0 Å². The van der Waals surface area contributed by atoms with Crippen LogP contribution in [0.25, 0.3) is 10.9 Å². The van der Waals surface area contributed by atoms with E-state index in [-0.39, 0.29) is 11.5 Å². The molecule has 0 radical (unpaired) electrons. The van der Waals surface area contributed by atoms with E-state index in [0.29, 0.717) is 40.3 Å². The molecule has 0 saturated heterocycles. The molecule has 1 heterocycles. The Morgan fingerprint density at radius 2 is 1.82 bits per heavy atom. The van der Waals surface area contributed by atoms with E-state index in [1.165, 1.54) is 12.4 Å². The zero-order valence-electron chi connectivity index (χ0n) is 18.1. The van der Waals surface area contributed by atoms with Gasteiger partial charge in [0.1, 0.15) is 17.9 Å². The summed E-state index contributed by atoms with van der Waals surface area (Å²) in [6.45, 7) is 2.35. The molecule has 8 heteroatoms. The highest BCUT2D eigenvalue weighted by Gasteiger charge is 2.13. The second-order valence-electron chi connectivity index (χ2n) is 7.41. The molecular weight excluding hydrogens is 420 g/mol. The van der Waals surface area contributed by atoms with Gasteiger partial charge < -0.3 is 20.5 Å². The Hall–Kier alpha value is -4.46. The number of carboxylic acids is 1. The van der Waals surface area contributed by atoms with E-state index < -0.39 is 5.97 Å². The van der Waals surface area contributed by atoms with Crippen molar-refractivity contribution in [3.63, 3.8) is 0 Å². The summed E-state index contributed by atoms with van der Waals surface area (Å²) in [4.78, 5) is 32.5. The first-order valence-electron chi connectivity index (χ1n) is 10.2. The molecule has 33 heavy (non-hydrogen) atoms. The molecule has 0 atom stereocenters. The van der Waals surface area contributed by atoms with Gasteiger partial charge in [0.05, 0.1) is 18.2 Å². The molecule has 0 aliphatic rings. The topological polar surface area (TPSA) is 113 Å². The molecule has 166 valence electrons. The molecule has 4 aromatic rings. The Balaban J connectivity index is 1.52. The smallest absolute Gasteiger partial charge is 0.337 e. The maximum atomic E-state index is 12.7. The van der Waals surface area contributed by atoms with Crippen LogP contribution in [0, 0.1) is 6.92 Å². The third-order valence-corrected chi connectivity index (χ3v) is 5.26. The van der Waals surface area contributed by atoms with Crippen molar-refractivity contribution in [3.8, 4) is 5.75 Å². The molecule has 1 amide bonds. The van der Waals surface area contributed by atoms with Crippen LogP contribution >= 0.6 is 0 Å². The third kappa shape index (κ3) is 4.74. The number of nitrogens with one attached hydrogen (secondary N) is 2. The van der Waals surface area contributed by atoms with Gasteiger partial charge in [0.2, 0.25) is 0 Å². The van der Waals surface area contributed by atoms with Crippen LogP contribution in [0.3, 0.4) is 0 Å². The number of aryl methyl sites for hydroxylation is 1. The Morgan fingerprint density at radius 1 is 1.03 bits per heavy atom. The van der Waals surface area contributed by atoms with Crippen molar-refractivity contribution in [1.82, 2.24) is 9.97 Å². The number of benzene rings is 3. The molecule has 0 unspecified atom stereocenters. The molecule has 0 spiro atoms. The van der Waals surface area contributed by atoms with E-state index in [1.54, 1.807) is 43.5 Å². The van der Waals surface area contributed by atoms with Gasteiger partial charge in [-0.3, -0.25) is 4.79 Å². The van der Waals surface area contributed by atoms with Crippen molar-refractivity contribution in [1.29, 1.82) is 0 Å². The molecule has 1 aromatic heterocycles. The highest BCUT2D eigenvalue weighted by molar-refractivity contribution is 6.05. The van der Waals surface area contributed by atoms with Crippen LogP contribution in [-0.4, -0.2) is 34.1 Å². The van der Waals surface area contributed by atoms with Crippen LogP contribution in [0.15, 0.2) is 67.0 Å². The van der Waals surface area contributed by atoms with Gasteiger partial charge in [0, 0.05) is 23.2 Å². The van der Waals surface area contributed by atoms with Crippen molar-refractivity contribution in [2.24, 2.45) is 0 Å². The quantitative estimate of drug-likeness (QED) is 0.386. The van der Waals surface area contributed by atoms with Gasteiger partial charge in [-0.15, -0.1) is 0 Å². The molecule has 0 fully saturated rings. The lowest BCUT2D eigenvalue weighted by atomic mass is 10.1. The summed E-state index contributed by atoms with van der Waals surface area (Å²) in [7, 11) is 1.58. The second kappa shape index (κ2) is 9.35. The van der Waals surface area contributed by atoms with Crippen LogP contribution in [0.2, 0.25) is 0 Å². The highest BCUT2D eigenvalue weighted by Crippen LogP contribution is 2.24. The average molecular weight is 442 g/mol. The van der Waals surface area contributed by atoms with Gasteiger partial charge in [-0.05, 0) is 60.5 Å². The summed E-state index contributed by atoms with van der Waals surface area (Å²) in [6.07, 6.45) is 1.34. The lowest BCUT2D eigenvalue weighted by Crippen LogP contribution is -2.13. The number of ether oxygens (including phenoxy) is 1. The number of aromatic nitrogens is 2. The molecule has 3 N–H and O–H groups in total. The van der Waals surface area contributed by atoms with Crippen LogP contribution < -0.4 is 15.4 Å². The average Bonchev–Trinajstić information content (AvgIpc) is 2.84. The summed E-state index contributed by atoms with van der Waals surface area (Å²) >= 11 is 0. The number of hydrogen-bond acceptors (Lipinski definition) is 6. The van der Waals surface area contributed by atoms with Gasteiger partial charge in [-0.1, -0.05) is 18.2 Å². The Bertz CT molecular complexity index is 1340. The van der Waals surface area contributed by atoms with Crippen molar-refractivity contribution >= 4 is 34.3 Å². The predicted molar refractivity (Wildman–Crippen MR) is 126 cm³/mol. The summed E-state index contributed by atoms with van der Waals surface area (Å²) in [6, 6.07) is 17.6. The number of methoxy groups -OCH3 is 1. The zero-order chi connectivity index (χ0) is 23.4. The molecule has 4 rings (SSSR count). The van der Waals surface area contributed by atoms with Gasteiger partial charge in [-0.25, -0.2) is 14.8 Å². The number of carboxylic acid groups (broad SMARTS) is 1. The summed E-state index contributed by atoms with van der Waals surface area (Å²) in [5.74, 6) is -0.0362. The van der Waals surface area contributed by atoms with Gasteiger partial charge in [0.25, 0.3) is 5.91 Å². The van der Waals surface area contributed by atoms with Crippen LogP contribution in [0.4, 0.5) is 11.5 Å². The zero-order valence-corrected chi connectivity index (χ0v) is 18.1. The van der Waals surface area contributed by atoms with Crippen molar-refractivity contribution in [2.45, 2.75) is 13.5 Å². The lowest BCUT2D eigenvalue weighted by Gasteiger charge is -2.13. The summed E-state index contributed by atoms with van der Waals surface area (Å²) < 4.78 is 5.13. The predicted octanol–water partition coefficient (Wildman–Crippen LogP) is 4.51. The monoisotopic (exact) mass is 442 g/mol. The Morgan fingerprint density at radius 3 is 2.55 bits per heavy atom. The minimum atomic E-state index is -1.04.